The van der Waals surface area contributed by atoms with E-state index in [0.717, 1.165) is 18.4 Å². The SMILES string of the molecule is CCC[C@]1(CO)CCN(C(=O)c2ccc(-c3nnn(C)n3)cc2)C[C@@H]1O. The van der Waals surface area contributed by atoms with E-state index in [2.05, 4.69) is 15.4 Å². The lowest BCUT2D eigenvalue weighted by Gasteiger charge is -2.44. The Morgan fingerprint density at radius 2 is 2.08 bits per heavy atom. The Kier molecular flexibility index (Phi) is 5.33. The zero-order valence-corrected chi connectivity index (χ0v) is 15.2. The van der Waals surface area contributed by atoms with Crippen molar-refractivity contribution in [3.63, 3.8) is 0 Å². The number of aromatic nitrogens is 4. The molecule has 2 N–H and O–H groups in total. The first-order chi connectivity index (χ1) is 12.5. The number of benzene rings is 1. The maximum Gasteiger partial charge on any atom is 0.253 e. The Bertz CT molecular complexity index is 760. The highest BCUT2D eigenvalue weighted by molar-refractivity contribution is 5.94. The van der Waals surface area contributed by atoms with Crippen LogP contribution in [0.15, 0.2) is 24.3 Å². The molecule has 0 bridgehead atoms. The number of tetrazole rings is 1. The van der Waals surface area contributed by atoms with Gasteiger partial charge in [0.2, 0.25) is 5.82 Å². The monoisotopic (exact) mass is 359 g/mol. The summed E-state index contributed by atoms with van der Waals surface area (Å²) >= 11 is 0. The maximum atomic E-state index is 12.8. The first kappa shape index (κ1) is 18.5. The lowest BCUT2D eigenvalue weighted by molar-refractivity contribution is -0.0713. The number of hydrogen-bond donors (Lipinski definition) is 2. The summed E-state index contributed by atoms with van der Waals surface area (Å²) in [5, 5.41) is 32.2. The second-order valence-electron chi connectivity index (χ2n) is 6.97. The second kappa shape index (κ2) is 7.51. The molecular weight excluding hydrogens is 334 g/mol. The van der Waals surface area contributed by atoms with Crippen LogP contribution in [0.2, 0.25) is 0 Å². The van der Waals surface area contributed by atoms with Gasteiger partial charge in [-0.2, -0.15) is 4.80 Å². The van der Waals surface area contributed by atoms with Crippen LogP contribution in [0.4, 0.5) is 0 Å². The van der Waals surface area contributed by atoms with Crippen molar-refractivity contribution in [3.8, 4) is 11.4 Å². The molecule has 140 valence electrons. The van der Waals surface area contributed by atoms with Crippen LogP contribution in [0.5, 0.6) is 0 Å². The van der Waals surface area contributed by atoms with Gasteiger partial charge in [0.1, 0.15) is 0 Å². The quantitative estimate of drug-likeness (QED) is 0.821. The molecule has 0 aliphatic carbocycles. The van der Waals surface area contributed by atoms with Gasteiger partial charge < -0.3 is 15.1 Å². The van der Waals surface area contributed by atoms with Crippen molar-refractivity contribution in [2.24, 2.45) is 12.5 Å². The third-order valence-corrected chi connectivity index (χ3v) is 5.23. The van der Waals surface area contributed by atoms with Crippen LogP contribution in [0.1, 0.15) is 36.5 Å². The van der Waals surface area contributed by atoms with Gasteiger partial charge in [0.05, 0.1) is 19.8 Å². The van der Waals surface area contributed by atoms with Gasteiger partial charge in [-0.05, 0) is 30.2 Å². The van der Waals surface area contributed by atoms with Crippen molar-refractivity contribution in [3.05, 3.63) is 29.8 Å². The summed E-state index contributed by atoms with van der Waals surface area (Å²) in [4.78, 5) is 15.8. The number of aliphatic hydroxyl groups is 2. The molecule has 1 aliphatic rings. The van der Waals surface area contributed by atoms with Gasteiger partial charge in [-0.15, -0.1) is 10.2 Å². The molecule has 0 saturated carbocycles. The summed E-state index contributed by atoms with van der Waals surface area (Å²) in [7, 11) is 1.70. The first-order valence-electron chi connectivity index (χ1n) is 8.92. The van der Waals surface area contributed by atoms with Crippen molar-refractivity contribution in [1.29, 1.82) is 0 Å². The van der Waals surface area contributed by atoms with E-state index in [1.165, 1.54) is 4.80 Å². The molecular formula is C18H25N5O3. The van der Waals surface area contributed by atoms with Crippen molar-refractivity contribution in [1.82, 2.24) is 25.1 Å². The number of likely N-dealkylation sites (tertiary alicyclic amines) is 1. The van der Waals surface area contributed by atoms with Crippen molar-refractivity contribution >= 4 is 5.91 Å². The van der Waals surface area contributed by atoms with Crippen LogP contribution >= 0.6 is 0 Å². The van der Waals surface area contributed by atoms with E-state index in [1.807, 2.05) is 6.92 Å². The van der Waals surface area contributed by atoms with Gasteiger partial charge in [-0.25, -0.2) is 0 Å². The Hall–Kier alpha value is -2.32. The number of rotatable bonds is 5. The molecule has 2 atom stereocenters. The van der Waals surface area contributed by atoms with E-state index in [9.17, 15) is 15.0 Å². The number of nitrogens with zero attached hydrogens (tertiary/aromatic N) is 5. The summed E-state index contributed by atoms with van der Waals surface area (Å²) in [5.74, 6) is 0.387. The Labute approximate surface area is 152 Å². The number of aryl methyl sites for hydroxylation is 1. The van der Waals surface area contributed by atoms with Crippen LogP contribution in [-0.4, -0.2) is 67.0 Å². The zero-order valence-electron chi connectivity index (χ0n) is 15.2. The van der Waals surface area contributed by atoms with Gasteiger partial charge in [-0.3, -0.25) is 4.79 Å². The Morgan fingerprint density at radius 1 is 1.35 bits per heavy atom. The third kappa shape index (κ3) is 3.47. The Balaban J connectivity index is 1.70. The summed E-state index contributed by atoms with van der Waals surface area (Å²) in [5.41, 5.74) is 0.847. The molecule has 1 amide bonds. The molecule has 8 nitrogen and oxygen atoms in total. The normalized spacial score (nSPS) is 23.2. The smallest absolute Gasteiger partial charge is 0.253 e. The van der Waals surface area contributed by atoms with Crippen LogP contribution < -0.4 is 0 Å². The van der Waals surface area contributed by atoms with E-state index in [-0.39, 0.29) is 19.1 Å². The molecule has 2 aromatic rings. The topological polar surface area (TPSA) is 104 Å². The minimum atomic E-state index is -0.715. The molecule has 1 fully saturated rings. The fraction of sp³-hybridized carbons (Fsp3) is 0.556. The fourth-order valence-corrected chi connectivity index (χ4v) is 3.60. The van der Waals surface area contributed by atoms with Gasteiger partial charge >= 0.3 is 0 Å². The molecule has 3 rings (SSSR count). The van der Waals surface area contributed by atoms with E-state index in [0.29, 0.717) is 24.4 Å². The molecule has 8 heteroatoms. The van der Waals surface area contributed by atoms with E-state index in [1.54, 1.807) is 36.2 Å². The highest BCUT2D eigenvalue weighted by Crippen LogP contribution is 2.36. The average Bonchev–Trinajstić information content (AvgIpc) is 3.09. The molecule has 0 radical (unpaired) electrons. The van der Waals surface area contributed by atoms with Crippen LogP contribution in [0.25, 0.3) is 11.4 Å². The maximum absolute atomic E-state index is 12.8. The summed E-state index contributed by atoms with van der Waals surface area (Å²) in [6, 6.07) is 7.06. The molecule has 1 aliphatic heterocycles. The third-order valence-electron chi connectivity index (χ3n) is 5.23. The summed E-state index contributed by atoms with van der Waals surface area (Å²) < 4.78 is 0. The zero-order chi connectivity index (χ0) is 18.7. The first-order valence-corrected chi connectivity index (χ1v) is 8.92. The largest absolute Gasteiger partial charge is 0.396 e. The minimum absolute atomic E-state index is 0.0517. The fourth-order valence-electron chi connectivity index (χ4n) is 3.60. The number of aliphatic hydroxyl groups excluding tert-OH is 2. The predicted molar refractivity (Wildman–Crippen MR) is 95.2 cm³/mol. The molecule has 1 aromatic heterocycles. The highest BCUT2D eigenvalue weighted by Gasteiger charge is 2.42. The molecule has 1 aromatic carbocycles. The average molecular weight is 359 g/mol. The van der Waals surface area contributed by atoms with Crippen molar-refractivity contribution < 1.29 is 15.0 Å². The lowest BCUT2D eigenvalue weighted by Crippen LogP contribution is -2.54. The van der Waals surface area contributed by atoms with Gasteiger partial charge in [-0.1, -0.05) is 25.5 Å². The van der Waals surface area contributed by atoms with E-state index in [4.69, 9.17) is 0 Å². The van der Waals surface area contributed by atoms with Crippen LogP contribution in [0, 0.1) is 5.41 Å². The van der Waals surface area contributed by atoms with Crippen LogP contribution in [0.3, 0.4) is 0 Å². The molecule has 0 unspecified atom stereocenters. The van der Waals surface area contributed by atoms with Crippen LogP contribution in [-0.2, 0) is 7.05 Å². The molecule has 0 spiro atoms. The van der Waals surface area contributed by atoms with E-state index >= 15 is 0 Å². The number of carbonyl (C=O) groups is 1. The lowest BCUT2D eigenvalue weighted by atomic mass is 9.73. The number of β-amino-alcohol motifs (C(OH)–C–C–N with tert-alkyl or cyclic N) is 1. The number of carbonyl (C=O) groups excluding carboxylic acids is 1. The van der Waals surface area contributed by atoms with Gasteiger partial charge in [0, 0.05) is 29.6 Å². The molecule has 2 heterocycles. The standard InChI is InChI=1S/C18H25N5O3/c1-3-8-18(12-24)9-10-23(11-15(18)25)17(26)14-6-4-13(5-7-14)16-19-21-22(2)20-16/h4-7,15,24-25H,3,8-12H2,1-2H3/t15-,18+/m0/s1. The minimum Gasteiger partial charge on any atom is -0.396 e. The number of amides is 1. The van der Waals surface area contributed by atoms with Crippen molar-refractivity contribution in [2.75, 3.05) is 19.7 Å². The second-order valence-corrected chi connectivity index (χ2v) is 6.97. The number of hydrogen-bond acceptors (Lipinski definition) is 6. The number of piperidine rings is 1. The molecule has 1 saturated heterocycles. The summed E-state index contributed by atoms with van der Waals surface area (Å²) in [6.07, 6.45) is 1.54. The highest BCUT2D eigenvalue weighted by atomic mass is 16.3. The van der Waals surface area contributed by atoms with Gasteiger partial charge in [0.25, 0.3) is 5.91 Å². The van der Waals surface area contributed by atoms with Crippen molar-refractivity contribution in [2.45, 2.75) is 32.3 Å². The predicted octanol–water partition coefficient (Wildman–Crippen LogP) is 0.863. The summed E-state index contributed by atoms with van der Waals surface area (Å²) in [6.45, 7) is 2.76. The van der Waals surface area contributed by atoms with Gasteiger partial charge in [0.15, 0.2) is 0 Å². The molecule has 26 heavy (non-hydrogen) atoms. The Morgan fingerprint density at radius 3 is 2.62 bits per heavy atom. The van der Waals surface area contributed by atoms with E-state index < -0.39 is 11.5 Å².